The lowest BCUT2D eigenvalue weighted by Crippen LogP contribution is -2.52. The minimum absolute atomic E-state index is 0.0461. The van der Waals surface area contributed by atoms with Crippen LogP contribution in [0.2, 0.25) is 0 Å². The number of rotatable bonds is 14. The van der Waals surface area contributed by atoms with Gasteiger partial charge in [-0.05, 0) is 48.1 Å². The van der Waals surface area contributed by atoms with E-state index in [4.69, 9.17) is 19.5 Å². The van der Waals surface area contributed by atoms with Crippen LogP contribution < -0.4 is 10.1 Å². The number of nitrogens with one attached hydrogen (secondary N) is 1. The minimum atomic E-state index is -4.06. The highest BCUT2D eigenvalue weighted by atomic mass is 32.2. The van der Waals surface area contributed by atoms with Crippen molar-refractivity contribution in [2.75, 3.05) is 33.4 Å². The lowest BCUT2D eigenvalue weighted by atomic mass is 9.88. The number of hydrogen-bond acceptors (Lipinski definition) is 8. The number of sulfonamides is 1. The summed E-state index contributed by atoms with van der Waals surface area (Å²) in [5.41, 5.74) is 0.300. The smallest absolute Gasteiger partial charge is 0.407 e. The average molecular weight is 574 g/mol. The molecule has 40 heavy (non-hydrogen) atoms. The number of nitriles is 1. The van der Waals surface area contributed by atoms with Gasteiger partial charge < -0.3 is 24.6 Å². The van der Waals surface area contributed by atoms with E-state index in [1.54, 1.807) is 12.1 Å². The van der Waals surface area contributed by atoms with Gasteiger partial charge in [-0.25, -0.2) is 13.2 Å². The number of aliphatic hydroxyl groups excluding tert-OH is 1. The second kappa shape index (κ2) is 14.5. The maximum Gasteiger partial charge on any atom is 0.407 e. The van der Waals surface area contributed by atoms with Crippen molar-refractivity contribution >= 4 is 16.1 Å². The highest BCUT2D eigenvalue weighted by molar-refractivity contribution is 7.89. The van der Waals surface area contributed by atoms with E-state index >= 15 is 0 Å². The Morgan fingerprint density at radius 1 is 1.23 bits per heavy atom. The van der Waals surface area contributed by atoms with Crippen LogP contribution in [0.3, 0.4) is 0 Å². The third-order valence-electron chi connectivity index (χ3n) is 6.83. The van der Waals surface area contributed by atoms with Crippen molar-refractivity contribution in [3.63, 3.8) is 0 Å². The molecule has 0 bridgehead atoms. The molecule has 1 unspecified atom stereocenters. The van der Waals surface area contributed by atoms with Gasteiger partial charge in [0.05, 0.1) is 43.4 Å². The fourth-order valence-corrected chi connectivity index (χ4v) is 6.17. The monoisotopic (exact) mass is 573 g/mol. The quantitative estimate of drug-likeness (QED) is 0.350. The molecule has 2 aromatic carbocycles. The van der Waals surface area contributed by atoms with Crippen molar-refractivity contribution in [1.82, 2.24) is 9.62 Å². The van der Waals surface area contributed by atoms with Gasteiger partial charge in [-0.2, -0.15) is 9.57 Å². The van der Waals surface area contributed by atoms with Gasteiger partial charge >= 0.3 is 6.09 Å². The van der Waals surface area contributed by atoms with Crippen molar-refractivity contribution in [3.05, 3.63) is 60.2 Å². The van der Waals surface area contributed by atoms with E-state index in [0.717, 1.165) is 5.56 Å². The molecule has 0 aliphatic carbocycles. The molecule has 1 aliphatic heterocycles. The van der Waals surface area contributed by atoms with Gasteiger partial charge in [-0.1, -0.05) is 44.2 Å². The molecule has 10 nitrogen and oxygen atoms in total. The lowest BCUT2D eigenvalue weighted by molar-refractivity contribution is 0.0625. The first kappa shape index (κ1) is 31.4. The third kappa shape index (κ3) is 9.20. The molecule has 0 aromatic heterocycles. The maximum absolute atomic E-state index is 13.8. The van der Waals surface area contributed by atoms with Crippen LogP contribution in [-0.4, -0.2) is 75.6 Å². The molecule has 0 saturated carbocycles. The van der Waals surface area contributed by atoms with Gasteiger partial charge in [0.1, 0.15) is 11.9 Å². The summed E-state index contributed by atoms with van der Waals surface area (Å²) in [5, 5.41) is 23.3. The summed E-state index contributed by atoms with van der Waals surface area (Å²) in [6.07, 6.45) is -0.766. The summed E-state index contributed by atoms with van der Waals surface area (Å²) in [6.45, 7) is 4.36. The predicted octanol–water partition coefficient (Wildman–Crippen LogP) is 3.50. The summed E-state index contributed by atoms with van der Waals surface area (Å²) in [5.74, 6) is 0.512. The fraction of sp³-hybridized carbons (Fsp3) is 0.517. The Morgan fingerprint density at radius 3 is 2.52 bits per heavy atom. The SMILES string of the molecule is COc1ccc(S(=O)(=O)N(C[C@@H](O)[C@H](Cc2ccccc2)NC(=O)OC2CCOC2)CC(C)(C)CCC#N)cc1. The Kier molecular flexibility index (Phi) is 11.3. The Morgan fingerprint density at radius 2 is 1.93 bits per heavy atom. The molecule has 2 N–H and O–H groups in total. The van der Waals surface area contributed by atoms with E-state index in [-0.39, 0.29) is 36.9 Å². The molecule has 0 spiro atoms. The van der Waals surface area contributed by atoms with Crippen molar-refractivity contribution in [2.24, 2.45) is 5.41 Å². The number of benzene rings is 2. The molecular formula is C29H39N3O7S. The predicted molar refractivity (Wildman–Crippen MR) is 149 cm³/mol. The molecule has 3 rings (SSSR count). The summed E-state index contributed by atoms with van der Waals surface area (Å²) >= 11 is 0. The fourth-order valence-electron chi connectivity index (χ4n) is 4.52. The lowest BCUT2D eigenvalue weighted by Gasteiger charge is -2.34. The van der Waals surface area contributed by atoms with Crippen molar-refractivity contribution < 1.29 is 32.5 Å². The average Bonchev–Trinajstić information content (AvgIpc) is 3.44. The molecule has 1 amide bonds. The molecule has 1 aliphatic rings. The van der Waals surface area contributed by atoms with Crippen LogP contribution in [0.25, 0.3) is 0 Å². The molecule has 1 saturated heterocycles. The number of aliphatic hydroxyl groups is 1. The third-order valence-corrected chi connectivity index (χ3v) is 8.66. The van der Waals surface area contributed by atoms with E-state index in [0.29, 0.717) is 31.8 Å². The normalized spacial score (nSPS) is 17.1. The number of carbonyl (C=O) groups is 1. The van der Waals surface area contributed by atoms with Crippen LogP contribution in [0, 0.1) is 16.7 Å². The highest BCUT2D eigenvalue weighted by Gasteiger charge is 2.35. The van der Waals surface area contributed by atoms with Crippen LogP contribution in [0.4, 0.5) is 4.79 Å². The number of hydrogen-bond donors (Lipinski definition) is 2. The summed E-state index contributed by atoms with van der Waals surface area (Å²) in [4.78, 5) is 12.8. The number of carbonyl (C=O) groups excluding carboxylic acids is 1. The number of methoxy groups -OCH3 is 1. The summed E-state index contributed by atoms with van der Waals surface area (Å²) in [7, 11) is -2.56. The van der Waals surface area contributed by atoms with Crippen molar-refractivity contribution in [3.8, 4) is 11.8 Å². The zero-order valence-electron chi connectivity index (χ0n) is 23.3. The van der Waals surface area contributed by atoms with Crippen LogP contribution >= 0.6 is 0 Å². The van der Waals surface area contributed by atoms with Gasteiger partial charge in [0.25, 0.3) is 0 Å². The van der Waals surface area contributed by atoms with E-state index in [9.17, 15) is 18.3 Å². The van der Waals surface area contributed by atoms with Crippen LogP contribution in [0.5, 0.6) is 5.75 Å². The number of ether oxygens (including phenoxy) is 3. The second-order valence-electron chi connectivity index (χ2n) is 10.7. The first-order valence-corrected chi connectivity index (χ1v) is 14.8. The van der Waals surface area contributed by atoms with E-state index in [1.807, 2.05) is 44.2 Å². The van der Waals surface area contributed by atoms with Gasteiger partial charge in [0, 0.05) is 25.9 Å². The summed E-state index contributed by atoms with van der Waals surface area (Å²) in [6, 6.07) is 16.6. The number of alkyl carbamates (subject to hydrolysis) is 1. The molecule has 0 radical (unpaired) electrons. The standard InChI is InChI=1S/C29H39N3O7S/c1-29(2,15-7-16-30)21-32(40(35,36)25-12-10-23(37-3)11-13-25)19-27(33)26(18-22-8-5-4-6-9-22)31-28(34)39-24-14-17-38-20-24/h4-6,8-13,24,26-27,33H,7,14-15,17-21H2,1-3H3,(H,31,34)/t24?,26-,27+/m0/s1. The highest BCUT2D eigenvalue weighted by Crippen LogP contribution is 2.28. The van der Waals surface area contributed by atoms with Crippen molar-refractivity contribution in [2.45, 2.75) is 62.7 Å². The molecule has 2 aromatic rings. The first-order valence-electron chi connectivity index (χ1n) is 13.3. The van der Waals surface area contributed by atoms with Crippen LogP contribution in [0.15, 0.2) is 59.5 Å². The Hall–Kier alpha value is -3.17. The molecule has 218 valence electrons. The topological polar surface area (TPSA) is 138 Å². The Balaban J connectivity index is 1.87. The molecule has 1 heterocycles. The van der Waals surface area contributed by atoms with E-state index in [1.165, 1.54) is 23.5 Å². The van der Waals surface area contributed by atoms with Gasteiger partial charge in [-0.15, -0.1) is 0 Å². The number of nitrogens with zero attached hydrogens (tertiary/aromatic N) is 2. The maximum atomic E-state index is 13.8. The van der Waals surface area contributed by atoms with Gasteiger partial charge in [-0.3, -0.25) is 0 Å². The summed E-state index contributed by atoms with van der Waals surface area (Å²) < 4.78 is 44.8. The Labute approximate surface area is 236 Å². The number of amides is 1. The van der Waals surface area contributed by atoms with E-state index < -0.39 is 33.7 Å². The molecule has 11 heteroatoms. The van der Waals surface area contributed by atoms with Crippen LogP contribution in [0.1, 0.15) is 38.7 Å². The van der Waals surface area contributed by atoms with Crippen LogP contribution in [-0.2, 0) is 25.9 Å². The first-order chi connectivity index (χ1) is 19.0. The Bertz CT molecular complexity index is 1220. The van der Waals surface area contributed by atoms with Gasteiger partial charge in [0.2, 0.25) is 10.0 Å². The molecule has 3 atom stereocenters. The van der Waals surface area contributed by atoms with Crippen molar-refractivity contribution in [1.29, 1.82) is 5.26 Å². The zero-order chi connectivity index (χ0) is 29.2. The minimum Gasteiger partial charge on any atom is -0.497 e. The zero-order valence-corrected chi connectivity index (χ0v) is 24.1. The second-order valence-corrected chi connectivity index (χ2v) is 12.6. The largest absolute Gasteiger partial charge is 0.497 e. The molecule has 1 fully saturated rings. The van der Waals surface area contributed by atoms with Gasteiger partial charge in [0.15, 0.2) is 0 Å². The van der Waals surface area contributed by atoms with E-state index in [2.05, 4.69) is 11.4 Å². The molecular weight excluding hydrogens is 534 g/mol.